The Morgan fingerprint density at radius 1 is 1.15 bits per heavy atom. The fraction of sp³-hybridized carbons (Fsp3) is 0.167. The van der Waals surface area contributed by atoms with Gasteiger partial charge in [0.05, 0.1) is 5.75 Å². The molecule has 0 saturated heterocycles. The van der Waals surface area contributed by atoms with Gasteiger partial charge in [0.15, 0.2) is 16.8 Å². The molecule has 0 N–H and O–H groups in total. The van der Waals surface area contributed by atoms with Gasteiger partial charge in [0.25, 0.3) is 5.89 Å². The molecule has 0 aliphatic heterocycles. The fourth-order valence-electron chi connectivity index (χ4n) is 2.54. The summed E-state index contributed by atoms with van der Waals surface area (Å²) in [5.74, 6) is 2.37. The van der Waals surface area contributed by atoms with Crippen molar-refractivity contribution in [3.63, 3.8) is 0 Å². The normalized spacial score (nSPS) is 11.1. The zero-order valence-corrected chi connectivity index (χ0v) is 16.2. The lowest BCUT2D eigenvalue weighted by molar-refractivity contribution is 0.425. The number of benzene rings is 1. The molecule has 3 heterocycles. The van der Waals surface area contributed by atoms with Crippen molar-refractivity contribution < 1.29 is 4.52 Å². The summed E-state index contributed by atoms with van der Waals surface area (Å²) in [6, 6.07) is 11.5. The van der Waals surface area contributed by atoms with Gasteiger partial charge in [0.1, 0.15) is 5.15 Å². The summed E-state index contributed by atoms with van der Waals surface area (Å²) in [5.41, 5.74) is 2.91. The number of aromatic nitrogens is 6. The lowest BCUT2D eigenvalue weighted by atomic mass is 10.1. The molecule has 136 valence electrons. The second-order valence-corrected chi connectivity index (χ2v) is 7.24. The quantitative estimate of drug-likeness (QED) is 0.368. The molecule has 0 unspecified atom stereocenters. The van der Waals surface area contributed by atoms with Crippen LogP contribution in [0.3, 0.4) is 0 Å². The van der Waals surface area contributed by atoms with Crippen LogP contribution >= 0.6 is 23.4 Å². The van der Waals surface area contributed by atoms with E-state index in [0.29, 0.717) is 22.6 Å². The minimum absolute atomic E-state index is 0.442. The summed E-state index contributed by atoms with van der Waals surface area (Å²) in [6.07, 6.45) is 1.67. The molecule has 1 aromatic carbocycles. The number of thioether (sulfide) groups is 1. The number of rotatable bonds is 5. The smallest absolute Gasteiger partial charge is 0.257 e. The Bertz CT molecular complexity index is 1080. The molecule has 0 aliphatic rings. The molecule has 3 aromatic heterocycles. The van der Waals surface area contributed by atoms with Crippen molar-refractivity contribution in [2.45, 2.75) is 17.8 Å². The second-order valence-electron chi connectivity index (χ2n) is 5.91. The van der Waals surface area contributed by atoms with Crippen LogP contribution in [-0.2, 0) is 12.8 Å². The van der Waals surface area contributed by atoms with Crippen molar-refractivity contribution in [3.8, 4) is 22.8 Å². The van der Waals surface area contributed by atoms with Crippen LogP contribution in [0.4, 0.5) is 0 Å². The van der Waals surface area contributed by atoms with E-state index in [1.54, 1.807) is 12.3 Å². The third kappa shape index (κ3) is 3.86. The third-order valence-corrected chi connectivity index (χ3v) is 5.12. The molecule has 9 heteroatoms. The van der Waals surface area contributed by atoms with E-state index in [-0.39, 0.29) is 0 Å². The van der Waals surface area contributed by atoms with Crippen LogP contribution in [0.25, 0.3) is 22.8 Å². The second kappa shape index (κ2) is 7.50. The van der Waals surface area contributed by atoms with E-state index in [1.165, 1.54) is 11.8 Å². The highest BCUT2D eigenvalue weighted by atomic mass is 35.5. The van der Waals surface area contributed by atoms with Gasteiger partial charge in [-0.3, -0.25) is 0 Å². The molecule has 0 saturated carbocycles. The highest BCUT2D eigenvalue weighted by Crippen LogP contribution is 2.26. The zero-order chi connectivity index (χ0) is 18.8. The van der Waals surface area contributed by atoms with Crippen molar-refractivity contribution in [1.29, 1.82) is 0 Å². The van der Waals surface area contributed by atoms with Gasteiger partial charge in [-0.15, -0.1) is 10.2 Å². The Hall–Kier alpha value is -2.71. The molecule has 7 nitrogen and oxygen atoms in total. The number of nitrogens with zero attached hydrogens (tertiary/aromatic N) is 6. The topological polar surface area (TPSA) is 82.5 Å². The molecular weight excluding hydrogens is 384 g/mol. The van der Waals surface area contributed by atoms with Crippen LogP contribution < -0.4 is 0 Å². The molecule has 27 heavy (non-hydrogen) atoms. The summed E-state index contributed by atoms with van der Waals surface area (Å²) in [6.45, 7) is 2.03. The Morgan fingerprint density at radius 3 is 2.81 bits per heavy atom. The van der Waals surface area contributed by atoms with E-state index in [9.17, 15) is 0 Å². The monoisotopic (exact) mass is 398 g/mol. The molecular formula is C18H15ClN6OS. The summed E-state index contributed by atoms with van der Waals surface area (Å²) < 4.78 is 7.27. The SMILES string of the molecule is Cc1cccc(-c2nc(CSc3nnc(-c4ccc(Cl)nc4)n3C)no2)c1. The van der Waals surface area contributed by atoms with Crippen LogP contribution in [-0.4, -0.2) is 29.9 Å². The highest BCUT2D eigenvalue weighted by Gasteiger charge is 2.14. The summed E-state index contributed by atoms with van der Waals surface area (Å²) in [4.78, 5) is 8.54. The molecule has 0 aliphatic carbocycles. The van der Waals surface area contributed by atoms with Crippen molar-refractivity contribution in [1.82, 2.24) is 29.9 Å². The van der Waals surface area contributed by atoms with Gasteiger partial charge < -0.3 is 9.09 Å². The summed E-state index contributed by atoms with van der Waals surface area (Å²) in [7, 11) is 1.90. The van der Waals surface area contributed by atoms with E-state index < -0.39 is 0 Å². The summed E-state index contributed by atoms with van der Waals surface area (Å²) >= 11 is 7.32. The first-order valence-corrected chi connectivity index (χ1v) is 9.50. The van der Waals surface area contributed by atoms with Crippen LogP contribution in [0.1, 0.15) is 11.4 Å². The van der Waals surface area contributed by atoms with Gasteiger partial charge in [-0.05, 0) is 31.2 Å². The largest absolute Gasteiger partial charge is 0.334 e. The third-order valence-electron chi connectivity index (χ3n) is 3.88. The molecule has 0 amide bonds. The average Bonchev–Trinajstić information content (AvgIpc) is 3.28. The Balaban J connectivity index is 1.47. The Morgan fingerprint density at radius 2 is 2.04 bits per heavy atom. The van der Waals surface area contributed by atoms with Gasteiger partial charge in [0.2, 0.25) is 0 Å². The number of hydrogen-bond donors (Lipinski definition) is 0. The standard InChI is InChI=1S/C18H15ClN6OS/c1-11-4-3-5-12(8-11)17-21-15(24-26-17)10-27-18-23-22-16(25(18)2)13-6-7-14(19)20-9-13/h3-9H,10H2,1-2H3. The van der Waals surface area contributed by atoms with Crippen LogP contribution in [0.15, 0.2) is 52.3 Å². The predicted octanol–water partition coefficient (Wildman–Crippen LogP) is 4.18. The van der Waals surface area contributed by atoms with Crippen LogP contribution in [0.2, 0.25) is 5.15 Å². The lowest BCUT2D eigenvalue weighted by Crippen LogP contribution is -1.96. The van der Waals surface area contributed by atoms with Gasteiger partial charge in [-0.1, -0.05) is 46.2 Å². The minimum Gasteiger partial charge on any atom is -0.334 e. The zero-order valence-electron chi connectivity index (χ0n) is 14.6. The van der Waals surface area contributed by atoms with E-state index in [0.717, 1.165) is 27.7 Å². The molecule has 0 radical (unpaired) electrons. The maximum absolute atomic E-state index is 5.84. The van der Waals surface area contributed by atoms with E-state index in [4.69, 9.17) is 16.1 Å². The Kier molecular flexibility index (Phi) is 4.91. The lowest BCUT2D eigenvalue weighted by Gasteiger charge is -2.02. The number of halogens is 1. The van der Waals surface area contributed by atoms with Crippen molar-refractivity contribution in [2.75, 3.05) is 0 Å². The average molecular weight is 399 g/mol. The van der Waals surface area contributed by atoms with Crippen molar-refractivity contribution in [3.05, 3.63) is 59.1 Å². The molecule has 4 rings (SSSR count). The molecule has 0 bridgehead atoms. The first kappa shape index (κ1) is 17.7. The number of aryl methyl sites for hydroxylation is 1. The van der Waals surface area contributed by atoms with E-state index in [1.807, 2.05) is 48.9 Å². The molecule has 0 fully saturated rings. The van der Waals surface area contributed by atoms with E-state index in [2.05, 4.69) is 25.3 Å². The van der Waals surface area contributed by atoms with E-state index >= 15 is 0 Å². The number of hydrogen-bond acceptors (Lipinski definition) is 7. The minimum atomic E-state index is 0.442. The highest BCUT2D eigenvalue weighted by molar-refractivity contribution is 7.98. The molecule has 0 atom stereocenters. The van der Waals surface area contributed by atoms with Gasteiger partial charge in [-0.2, -0.15) is 4.98 Å². The van der Waals surface area contributed by atoms with Crippen LogP contribution in [0.5, 0.6) is 0 Å². The van der Waals surface area contributed by atoms with Gasteiger partial charge in [0, 0.05) is 24.4 Å². The maximum atomic E-state index is 5.84. The molecule has 4 aromatic rings. The summed E-state index contributed by atoms with van der Waals surface area (Å²) in [5, 5.41) is 13.7. The fourth-order valence-corrected chi connectivity index (χ4v) is 3.40. The van der Waals surface area contributed by atoms with Crippen LogP contribution in [0, 0.1) is 6.92 Å². The predicted molar refractivity (Wildman–Crippen MR) is 103 cm³/mol. The molecule has 0 spiro atoms. The van der Waals surface area contributed by atoms with Crippen molar-refractivity contribution >= 4 is 23.4 Å². The number of pyridine rings is 1. The Labute approximate surface area is 164 Å². The first-order valence-electron chi connectivity index (χ1n) is 8.14. The van der Waals surface area contributed by atoms with Gasteiger partial charge in [-0.25, -0.2) is 4.98 Å². The maximum Gasteiger partial charge on any atom is 0.257 e. The van der Waals surface area contributed by atoms with Gasteiger partial charge >= 0.3 is 0 Å². The first-order chi connectivity index (χ1) is 13.1. The van der Waals surface area contributed by atoms with Crippen molar-refractivity contribution in [2.24, 2.45) is 7.05 Å².